The molecule has 22 heavy (non-hydrogen) atoms. The molecule has 3 amide bonds. The van der Waals surface area contributed by atoms with Gasteiger partial charge in [0.1, 0.15) is 12.0 Å². The van der Waals surface area contributed by atoms with Crippen LogP contribution in [0, 0.1) is 17.2 Å². The quantitative estimate of drug-likeness (QED) is 0.712. The van der Waals surface area contributed by atoms with E-state index in [1.54, 1.807) is 24.3 Å². The highest BCUT2D eigenvalue weighted by Gasteiger charge is 2.48. The highest BCUT2D eigenvalue weighted by molar-refractivity contribution is 6.30. The number of halogens is 1. The van der Waals surface area contributed by atoms with E-state index in [0.29, 0.717) is 10.6 Å². The van der Waals surface area contributed by atoms with Gasteiger partial charge in [-0.05, 0) is 17.7 Å². The van der Waals surface area contributed by atoms with Gasteiger partial charge in [0.2, 0.25) is 11.8 Å². The van der Waals surface area contributed by atoms with Crippen LogP contribution < -0.4 is 16.4 Å². The van der Waals surface area contributed by atoms with Gasteiger partial charge in [-0.3, -0.25) is 10.1 Å². The standard InChI is InChI=1S/C14H11ClN4O3/c15-7-3-1-6(2-4-7)9-8(5-16)11(17)22-13-10(9)12(20)18-14(21)19-13/h1-4,9-10,13H,17H2,(H2,18,19,20,21). The average molecular weight is 319 g/mol. The lowest BCUT2D eigenvalue weighted by Gasteiger charge is -2.39. The lowest BCUT2D eigenvalue weighted by molar-refractivity contribution is -0.132. The second kappa shape index (κ2) is 5.24. The van der Waals surface area contributed by atoms with Crippen molar-refractivity contribution in [2.75, 3.05) is 0 Å². The van der Waals surface area contributed by atoms with Crippen LogP contribution >= 0.6 is 11.6 Å². The van der Waals surface area contributed by atoms with Gasteiger partial charge in [-0.15, -0.1) is 0 Å². The third-order valence-electron chi connectivity index (χ3n) is 3.68. The van der Waals surface area contributed by atoms with Gasteiger partial charge in [0.15, 0.2) is 6.23 Å². The molecule has 3 unspecified atom stereocenters. The van der Waals surface area contributed by atoms with Gasteiger partial charge >= 0.3 is 6.03 Å². The number of nitrogens with one attached hydrogen (secondary N) is 2. The second-order valence-corrected chi connectivity index (χ2v) is 5.38. The zero-order valence-corrected chi connectivity index (χ0v) is 11.9. The minimum absolute atomic E-state index is 0.0984. The van der Waals surface area contributed by atoms with Gasteiger partial charge in [0, 0.05) is 10.9 Å². The first-order chi connectivity index (χ1) is 10.5. The van der Waals surface area contributed by atoms with Crippen molar-refractivity contribution in [1.29, 1.82) is 5.26 Å². The van der Waals surface area contributed by atoms with Crippen LogP contribution in [0.4, 0.5) is 4.79 Å². The van der Waals surface area contributed by atoms with Crippen molar-refractivity contribution in [3.8, 4) is 6.07 Å². The number of nitrogens with two attached hydrogens (primary N) is 1. The molecular formula is C14H11ClN4O3. The Morgan fingerprint density at radius 2 is 1.95 bits per heavy atom. The van der Waals surface area contributed by atoms with Gasteiger partial charge in [-0.1, -0.05) is 23.7 Å². The van der Waals surface area contributed by atoms with Crippen LogP contribution in [-0.2, 0) is 9.53 Å². The minimum Gasteiger partial charge on any atom is -0.454 e. The number of nitrogens with zero attached hydrogens (tertiary/aromatic N) is 1. The molecule has 4 N–H and O–H groups in total. The molecule has 3 atom stereocenters. The van der Waals surface area contributed by atoms with Crippen LogP contribution in [0.1, 0.15) is 11.5 Å². The SMILES string of the molecule is N#CC1=C(N)OC2NC(=O)NC(=O)C2C1c1ccc(Cl)cc1. The van der Waals surface area contributed by atoms with Crippen molar-refractivity contribution >= 4 is 23.5 Å². The molecule has 3 rings (SSSR count). The zero-order valence-electron chi connectivity index (χ0n) is 11.2. The molecular weight excluding hydrogens is 308 g/mol. The van der Waals surface area contributed by atoms with Crippen LogP contribution in [0.2, 0.25) is 5.02 Å². The molecule has 0 aromatic heterocycles. The lowest BCUT2D eigenvalue weighted by Crippen LogP contribution is -2.62. The predicted octanol–water partition coefficient (Wildman–Crippen LogP) is 0.929. The van der Waals surface area contributed by atoms with E-state index in [0.717, 1.165) is 0 Å². The number of rotatable bonds is 1. The number of fused-ring (bicyclic) bond motifs is 1. The number of amides is 3. The molecule has 7 nitrogen and oxygen atoms in total. The largest absolute Gasteiger partial charge is 0.454 e. The first-order valence-corrected chi connectivity index (χ1v) is 6.82. The van der Waals surface area contributed by atoms with Crippen LogP contribution in [0.3, 0.4) is 0 Å². The van der Waals surface area contributed by atoms with E-state index < -0.39 is 30.0 Å². The van der Waals surface area contributed by atoms with Crippen LogP contribution in [0.15, 0.2) is 35.7 Å². The number of urea groups is 1. The van der Waals surface area contributed by atoms with Crippen molar-refractivity contribution in [2.45, 2.75) is 12.1 Å². The number of ether oxygens (including phenoxy) is 1. The number of carbonyl (C=O) groups is 2. The Morgan fingerprint density at radius 1 is 1.27 bits per heavy atom. The third kappa shape index (κ3) is 2.23. The molecule has 0 saturated carbocycles. The molecule has 0 bridgehead atoms. The third-order valence-corrected chi connectivity index (χ3v) is 3.93. The van der Waals surface area contributed by atoms with Crippen LogP contribution in [0.25, 0.3) is 0 Å². The Kier molecular flexibility index (Phi) is 3.39. The maximum absolute atomic E-state index is 12.2. The van der Waals surface area contributed by atoms with Crippen LogP contribution in [0.5, 0.6) is 0 Å². The summed E-state index contributed by atoms with van der Waals surface area (Å²) in [4.78, 5) is 23.6. The molecule has 0 radical (unpaired) electrons. The molecule has 2 aliphatic rings. The van der Waals surface area contributed by atoms with E-state index in [2.05, 4.69) is 10.6 Å². The second-order valence-electron chi connectivity index (χ2n) is 4.95. The van der Waals surface area contributed by atoms with Gasteiger partial charge in [-0.2, -0.15) is 5.26 Å². The Bertz CT molecular complexity index is 723. The molecule has 1 aromatic carbocycles. The fourth-order valence-electron chi connectivity index (χ4n) is 2.72. The molecule has 0 aliphatic carbocycles. The fourth-order valence-corrected chi connectivity index (χ4v) is 2.84. The molecule has 8 heteroatoms. The summed E-state index contributed by atoms with van der Waals surface area (Å²) in [6, 6.07) is 8.07. The molecule has 2 heterocycles. The molecule has 1 fully saturated rings. The van der Waals surface area contributed by atoms with Crippen molar-refractivity contribution in [2.24, 2.45) is 11.7 Å². The van der Waals surface area contributed by atoms with Gasteiger partial charge in [-0.25, -0.2) is 4.79 Å². The fraction of sp³-hybridized carbons (Fsp3) is 0.214. The number of carbonyl (C=O) groups excluding carboxylic acids is 2. The van der Waals surface area contributed by atoms with E-state index in [1.165, 1.54) is 0 Å². The smallest absolute Gasteiger partial charge is 0.324 e. The van der Waals surface area contributed by atoms with Crippen molar-refractivity contribution in [3.05, 3.63) is 46.3 Å². The lowest BCUT2D eigenvalue weighted by atomic mass is 9.77. The number of nitriles is 1. The first-order valence-electron chi connectivity index (χ1n) is 6.44. The van der Waals surface area contributed by atoms with E-state index in [4.69, 9.17) is 22.1 Å². The normalized spacial score (nSPS) is 27.2. The van der Waals surface area contributed by atoms with Crippen molar-refractivity contribution in [3.63, 3.8) is 0 Å². The van der Waals surface area contributed by atoms with Crippen LogP contribution in [-0.4, -0.2) is 18.2 Å². The van der Waals surface area contributed by atoms with E-state index >= 15 is 0 Å². The summed E-state index contributed by atoms with van der Waals surface area (Å²) in [6.07, 6.45) is -0.918. The van der Waals surface area contributed by atoms with Gasteiger partial charge in [0.05, 0.1) is 5.57 Å². The van der Waals surface area contributed by atoms with Crippen molar-refractivity contribution < 1.29 is 14.3 Å². The summed E-state index contributed by atoms with van der Waals surface area (Å²) in [5, 5.41) is 14.6. The summed E-state index contributed by atoms with van der Waals surface area (Å²) < 4.78 is 5.33. The van der Waals surface area contributed by atoms with E-state index in [-0.39, 0.29) is 11.5 Å². The highest BCUT2D eigenvalue weighted by Crippen LogP contribution is 2.40. The predicted molar refractivity (Wildman–Crippen MR) is 76.1 cm³/mol. The Balaban J connectivity index is 2.11. The summed E-state index contributed by atoms with van der Waals surface area (Å²) in [7, 11) is 0. The first kappa shape index (κ1) is 14.2. The molecule has 1 saturated heterocycles. The number of hydrogen-bond donors (Lipinski definition) is 3. The Labute approximate surface area is 130 Å². The summed E-state index contributed by atoms with van der Waals surface area (Å²) in [5.41, 5.74) is 6.61. The molecule has 2 aliphatic heterocycles. The summed E-state index contributed by atoms with van der Waals surface area (Å²) in [5.74, 6) is -2.03. The maximum Gasteiger partial charge on any atom is 0.324 e. The maximum atomic E-state index is 12.2. The summed E-state index contributed by atoms with van der Waals surface area (Å²) >= 11 is 5.87. The number of benzene rings is 1. The summed E-state index contributed by atoms with van der Waals surface area (Å²) in [6.45, 7) is 0. The van der Waals surface area contributed by atoms with E-state index in [9.17, 15) is 14.9 Å². The highest BCUT2D eigenvalue weighted by atomic mass is 35.5. The van der Waals surface area contributed by atoms with Gasteiger partial charge < -0.3 is 15.8 Å². The van der Waals surface area contributed by atoms with Crippen molar-refractivity contribution in [1.82, 2.24) is 10.6 Å². The number of allylic oxidation sites excluding steroid dienone is 1. The topological polar surface area (TPSA) is 117 Å². The Morgan fingerprint density at radius 3 is 2.59 bits per heavy atom. The molecule has 0 spiro atoms. The van der Waals surface area contributed by atoms with E-state index in [1.807, 2.05) is 6.07 Å². The average Bonchev–Trinajstić information content (AvgIpc) is 2.46. The number of hydrogen-bond acceptors (Lipinski definition) is 5. The molecule has 112 valence electrons. The monoisotopic (exact) mass is 318 g/mol. The van der Waals surface area contributed by atoms with Gasteiger partial charge in [0.25, 0.3) is 0 Å². The molecule has 1 aromatic rings. The number of imide groups is 1. The Hall–Kier alpha value is -2.72. The zero-order chi connectivity index (χ0) is 15.9. The minimum atomic E-state index is -0.918.